The van der Waals surface area contributed by atoms with Crippen LogP contribution in [0.2, 0.25) is 0 Å². The van der Waals surface area contributed by atoms with Crippen molar-refractivity contribution >= 4 is 34.1 Å². The van der Waals surface area contributed by atoms with E-state index in [0.29, 0.717) is 24.8 Å². The molecule has 2 aromatic rings. The average molecular weight is 386 g/mol. The molecule has 2 saturated heterocycles. The van der Waals surface area contributed by atoms with E-state index in [0.717, 1.165) is 30.3 Å². The highest BCUT2D eigenvalue weighted by Crippen LogP contribution is 2.28. The molecule has 2 amide bonds. The van der Waals surface area contributed by atoms with Gasteiger partial charge in [-0.3, -0.25) is 19.5 Å². The third-order valence-electron chi connectivity index (χ3n) is 5.07. The van der Waals surface area contributed by atoms with Gasteiger partial charge >= 0.3 is 0 Å². The highest BCUT2D eigenvalue weighted by atomic mass is 32.1. The summed E-state index contributed by atoms with van der Waals surface area (Å²) < 4.78 is 0. The van der Waals surface area contributed by atoms with E-state index in [2.05, 4.69) is 19.9 Å². The molecular weight excluding hydrogens is 364 g/mol. The van der Waals surface area contributed by atoms with Crippen molar-refractivity contribution in [1.29, 1.82) is 0 Å². The zero-order valence-electron chi connectivity index (χ0n) is 15.5. The minimum absolute atomic E-state index is 0.0207. The Kier molecular flexibility index (Phi) is 4.77. The van der Waals surface area contributed by atoms with Gasteiger partial charge in [0.05, 0.1) is 17.3 Å². The SMILES string of the molecule is Cc1cnc(C)c(N2CCN(C(=O)C3CC(=O)N(c4nccs4)C3)CC2)n1. The molecule has 4 heterocycles. The lowest BCUT2D eigenvalue weighted by molar-refractivity contribution is -0.136. The smallest absolute Gasteiger partial charge is 0.229 e. The Morgan fingerprint density at radius 2 is 1.96 bits per heavy atom. The minimum atomic E-state index is -0.284. The first-order valence-electron chi connectivity index (χ1n) is 9.07. The van der Waals surface area contributed by atoms with Gasteiger partial charge in [0.2, 0.25) is 11.8 Å². The number of rotatable bonds is 3. The van der Waals surface area contributed by atoms with Crippen molar-refractivity contribution in [2.24, 2.45) is 5.92 Å². The zero-order valence-corrected chi connectivity index (χ0v) is 16.3. The molecule has 2 fully saturated rings. The molecule has 0 bridgehead atoms. The van der Waals surface area contributed by atoms with Gasteiger partial charge in [0, 0.05) is 56.9 Å². The number of hydrogen-bond acceptors (Lipinski definition) is 7. The second-order valence-electron chi connectivity index (χ2n) is 6.95. The Bertz CT molecular complexity index is 848. The first-order chi connectivity index (χ1) is 13.0. The van der Waals surface area contributed by atoms with E-state index < -0.39 is 0 Å². The van der Waals surface area contributed by atoms with Crippen molar-refractivity contribution < 1.29 is 9.59 Å². The second kappa shape index (κ2) is 7.22. The molecule has 4 rings (SSSR count). The Morgan fingerprint density at radius 1 is 1.19 bits per heavy atom. The van der Waals surface area contributed by atoms with Crippen molar-refractivity contribution in [2.75, 3.05) is 42.5 Å². The summed E-state index contributed by atoms with van der Waals surface area (Å²) in [7, 11) is 0. The van der Waals surface area contributed by atoms with Crippen LogP contribution in [0.5, 0.6) is 0 Å². The summed E-state index contributed by atoms with van der Waals surface area (Å²) >= 11 is 1.42. The monoisotopic (exact) mass is 386 g/mol. The standard InChI is InChI=1S/C18H22N6O2S/c1-12-10-20-13(2)16(21-12)22-4-6-23(7-5-22)17(26)14-9-15(25)24(11-14)18-19-3-8-27-18/h3,8,10,14H,4-7,9,11H2,1-2H3. The molecule has 0 spiro atoms. The number of nitrogens with zero attached hydrogens (tertiary/aromatic N) is 6. The number of anilines is 2. The lowest BCUT2D eigenvalue weighted by atomic mass is 10.1. The number of aryl methyl sites for hydroxylation is 2. The van der Waals surface area contributed by atoms with Gasteiger partial charge in [0.25, 0.3) is 0 Å². The number of aromatic nitrogens is 3. The lowest BCUT2D eigenvalue weighted by Crippen LogP contribution is -2.51. The van der Waals surface area contributed by atoms with Crippen molar-refractivity contribution in [1.82, 2.24) is 19.9 Å². The maximum Gasteiger partial charge on any atom is 0.229 e. The number of carbonyl (C=O) groups is 2. The maximum atomic E-state index is 12.9. The number of hydrogen-bond donors (Lipinski definition) is 0. The molecule has 2 aliphatic heterocycles. The molecule has 0 aromatic carbocycles. The van der Waals surface area contributed by atoms with E-state index in [9.17, 15) is 9.59 Å². The minimum Gasteiger partial charge on any atom is -0.352 e. The normalized spacial score (nSPS) is 20.4. The summed E-state index contributed by atoms with van der Waals surface area (Å²) in [5, 5.41) is 2.52. The van der Waals surface area contributed by atoms with E-state index in [1.807, 2.05) is 24.1 Å². The summed E-state index contributed by atoms with van der Waals surface area (Å²) in [5.41, 5.74) is 1.79. The van der Waals surface area contributed by atoms with Crippen LogP contribution in [0.4, 0.5) is 10.9 Å². The number of thiazole rings is 1. The van der Waals surface area contributed by atoms with E-state index in [4.69, 9.17) is 0 Å². The van der Waals surface area contributed by atoms with E-state index in [1.54, 1.807) is 17.3 Å². The lowest BCUT2D eigenvalue weighted by Gasteiger charge is -2.36. The summed E-state index contributed by atoms with van der Waals surface area (Å²) in [6.45, 7) is 7.03. The van der Waals surface area contributed by atoms with Crippen LogP contribution in [0.3, 0.4) is 0 Å². The summed E-state index contributed by atoms with van der Waals surface area (Å²) in [6, 6.07) is 0. The van der Waals surface area contributed by atoms with Gasteiger partial charge in [-0.25, -0.2) is 9.97 Å². The average Bonchev–Trinajstić information content (AvgIpc) is 3.33. The fraction of sp³-hybridized carbons (Fsp3) is 0.500. The van der Waals surface area contributed by atoms with Gasteiger partial charge in [-0.1, -0.05) is 0 Å². The van der Waals surface area contributed by atoms with Crippen LogP contribution in [0.15, 0.2) is 17.8 Å². The third kappa shape index (κ3) is 3.51. The number of carbonyl (C=O) groups excluding carboxylic acids is 2. The molecule has 0 radical (unpaired) electrons. The van der Waals surface area contributed by atoms with Crippen LogP contribution in [0.1, 0.15) is 17.8 Å². The first kappa shape index (κ1) is 17.8. The van der Waals surface area contributed by atoms with E-state index in [-0.39, 0.29) is 24.2 Å². The molecule has 2 aromatic heterocycles. The van der Waals surface area contributed by atoms with Crippen molar-refractivity contribution in [3.05, 3.63) is 29.2 Å². The summed E-state index contributed by atoms with van der Waals surface area (Å²) in [4.78, 5) is 44.0. The molecule has 27 heavy (non-hydrogen) atoms. The fourth-order valence-electron chi connectivity index (χ4n) is 3.63. The van der Waals surface area contributed by atoms with Crippen LogP contribution < -0.4 is 9.80 Å². The van der Waals surface area contributed by atoms with Crippen LogP contribution in [0.25, 0.3) is 0 Å². The van der Waals surface area contributed by atoms with Gasteiger partial charge < -0.3 is 9.80 Å². The Morgan fingerprint density at radius 3 is 2.67 bits per heavy atom. The number of amides is 2. The molecule has 0 N–H and O–H groups in total. The molecular formula is C18H22N6O2S. The van der Waals surface area contributed by atoms with Gasteiger partial charge in [0.1, 0.15) is 5.82 Å². The Labute approximate surface area is 161 Å². The third-order valence-corrected chi connectivity index (χ3v) is 5.86. The van der Waals surface area contributed by atoms with Crippen LogP contribution in [-0.2, 0) is 9.59 Å². The van der Waals surface area contributed by atoms with Gasteiger partial charge in [-0.2, -0.15) is 0 Å². The first-order valence-corrected chi connectivity index (χ1v) is 9.94. The highest BCUT2D eigenvalue weighted by molar-refractivity contribution is 7.13. The van der Waals surface area contributed by atoms with Crippen molar-refractivity contribution in [3.63, 3.8) is 0 Å². The number of piperazine rings is 1. The molecule has 142 valence electrons. The van der Waals surface area contributed by atoms with Crippen LogP contribution >= 0.6 is 11.3 Å². The molecule has 1 atom stereocenters. The highest BCUT2D eigenvalue weighted by Gasteiger charge is 2.38. The summed E-state index contributed by atoms with van der Waals surface area (Å²) in [6.07, 6.45) is 3.71. The van der Waals surface area contributed by atoms with Crippen molar-refractivity contribution in [2.45, 2.75) is 20.3 Å². The Balaban J connectivity index is 1.38. The van der Waals surface area contributed by atoms with Gasteiger partial charge in [-0.05, 0) is 13.8 Å². The second-order valence-corrected chi connectivity index (χ2v) is 7.83. The quantitative estimate of drug-likeness (QED) is 0.790. The predicted molar refractivity (Wildman–Crippen MR) is 103 cm³/mol. The topological polar surface area (TPSA) is 82.5 Å². The molecule has 0 saturated carbocycles. The van der Waals surface area contributed by atoms with E-state index in [1.165, 1.54) is 11.3 Å². The molecule has 2 aliphatic rings. The van der Waals surface area contributed by atoms with Gasteiger partial charge in [-0.15, -0.1) is 11.3 Å². The maximum absolute atomic E-state index is 12.9. The van der Waals surface area contributed by atoms with Crippen LogP contribution in [0, 0.1) is 19.8 Å². The molecule has 1 unspecified atom stereocenters. The van der Waals surface area contributed by atoms with Crippen LogP contribution in [-0.4, -0.2) is 64.4 Å². The predicted octanol–water partition coefficient (Wildman–Crippen LogP) is 1.25. The van der Waals surface area contributed by atoms with Gasteiger partial charge in [0.15, 0.2) is 5.13 Å². The Hall–Kier alpha value is -2.55. The molecule has 0 aliphatic carbocycles. The van der Waals surface area contributed by atoms with Crippen molar-refractivity contribution in [3.8, 4) is 0 Å². The molecule has 9 heteroatoms. The van der Waals surface area contributed by atoms with E-state index >= 15 is 0 Å². The zero-order chi connectivity index (χ0) is 19.0. The summed E-state index contributed by atoms with van der Waals surface area (Å²) in [5.74, 6) is 0.656. The molecule has 8 nitrogen and oxygen atoms in total. The fourth-order valence-corrected chi connectivity index (χ4v) is 4.30. The largest absolute Gasteiger partial charge is 0.352 e.